The lowest BCUT2D eigenvalue weighted by Gasteiger charge is -2.16. The van der Waals surface area contributed by atoms with Crippen molar-refractivity contribution >= 4 is 5.91 Å². The van der Waals surface area contributed by atoms with Crippen LogP contribution >= 0.6 is 0 Å². The summed E-state index contributed by atoms with van der Waals surface area (Å²) in [5, 5.41) is 0. The molecule has 0 unspecified atom stereocenters. The third kappa shape index (κ3) is 3.52. The minimum Gasteiger partial charge on any atom is -0.493 e. The van der Waals surface area contributed by atoms with E-state index in [0.29, 0.717) is 18.0 Å². The fourth-order valence-corrected chi connectivity index (χ4v) is 1.60. The number of hydrogen-bond acceptors (Lipinski definition) is 3. The summed E-state index contributed by atoms with van der Waals surface area (Å²) in [6, 6.07) is 5.63. The van der Waals surface area contributed by atoms with Crippen molar-refractivity contribution in [3.05, 3.63) is 35.9 Å². The van der Waals surface area contributed by atoms with Crippen molar-refractivity contribution in [2.45, 2.75) is 13.5 Å². The first-order valence-electron chi connectivity index (χ1n) is 5.71. The Morgan fingerprint density at radius 1 is 1.28 bits per heavy atom. The summed E-state index contributed by atoms with van der Waals surface area (Å²) in [4.78, 5) is 13.2. The maximum atomic E-state index is 11.6. The summed E-state index contributed by atoms with van der Waals surface area (Å²) >= 11 is 0. The Balaban J connectivity index is 2.82. The molecule has 0 fully saturated rings. The Morgan fingerprint density at radius 3 is 2.50 bits per heavy atom. The molecule has 18 heavy (non-hydrogen) atoms. The number of carbonyl (C=O) groups excluding carboxylic acids is 1. The quantitative estimate of drug-likeness (QED) is 0.751. The van der Waals surface area contributed by atoms with E-state index in [0.717, 1.165) is 5.56 Å². The van der Waals surface area contributed by atoms with Crippen LogP contribution in [0.1, 0.15) is 12.5 Å². The van der Waals surface area contributed by atoms with E-state index in [-0.39, 0.29) is 5.91 Å². The van der Waals surface area contributed by atoms with E-state index in [4.69, 9.17) is 9.47 Å². The Labute approximate surface area is 108 Å². The third-order valence-corrected chi connectivity index (χ3v) is 2.55. The number of ether oxygens (including phenoxy) is 2. The van der Waals surface area contributed by atoms with Crippen molar-refractivity contribution < 1.29 is 14.3 Å². The van der Waals surface area contributed by atoms with Gasteiger partial charge < -0.3 is 14.4 Å². The minimum absolute atomic E-state index is 0.0210. The molecule has 1 aromatic rings. The van der Waals surface area contributed by atoms with Crippen LogP contribution in [0.3, 0.4) is 0 Å². The van der Waals surface area contributed by atoms with Gasteiger partial charge in [-0.2, -0.15) is 0 Å². The molecule has 0 aliphatic heterocycles. The van der Waals surface area contributed by atoms with Crippen LogP contribution in [-0.4, -0.2) is 32.1 Å². The van der Waals surface area contributed by atoms with Gasteiger partial charge in [0.1, 0.15) is 0 Å². The van der Waals surface area contributed by atoms with Gasteiger partial charge in [-0.05, 0) is 30.7 Å². The van der Waals surface area contributed by atoms with Crippen LogP contribution in [0.15, 0.2) is 30.4 Å². The second kappa shape index (κ2) is 6.69. The molecule has 98 valence electrons. The molecule has 0 aliphatic carbocycles. The zero-order valence-electron chi connectivity index (χ0n) is 11.3. The number of methoxy groups -OCH3 is 2. The van der Waals surface area contributed by atoms with Crippen molar-refractivity contribution in [3.63, 3.8) is 0 Å². The van der Waals surface area contributed by atoms with E-state index in [1.807, 2.05) is 25.1 Å². The van der Waals surface area contributed by atoms with Gasteiger partial charge in [-0.15, -0.1) is 0 Å². The maximum absolute atomic E-state index is 11.6. The SMILES string of the molecule is CC=CC(=O)N(C)Cc1ccc(OC)c(OC)c1. The van der Waals surface area contributed by atoms with Crippen LogP contribution < -0.4 is 9.47 Å². The van der Waals surface area contributed by atoms with Crippen molar-refractivity contribution in [1.29, 1.82) is 0 Å². The van der Waals surface area contributed by atoms with Crippen LogP contribution in [-0.2, 0) is 11.3 Å². The molecule has 0 spiro atoms. The summed E-state index contributed by atoms with van der Waals surface area (Å²) in [7, 11) is 4.95. The van der Waals surface area contributed by atoms with Gasteiger partial charge in [0.15, 0.2) is 11.5 Å². The fourth-order valence-electron chi connectivity index (χ4n) is 1.60. The average Bonchev–Trinajstić information content (AvgIpc) is 2.38. The summed E-state index contributed by atoms with van der Waals surface area (Å²) in [6.07, 6.45) is 3.27. The van der Waals surface area contributed by atoms with E-state index in [1.54, 1.807) is 38.3 Å². The highest BCUT2D eigenvalue weighted by atomic mass is 16.5. The fraction of sp³-hybridized carbons (Fsp3) is 0.357. The standard InChI is InChI=1S/C14H19NO3/c1-5-6-14(16)15(2)10-11-7-8-12(17-3)13(9-11)18-4/h5-9H,10H2,1-4H3. The minimum atomic E-state index is -0.0210. The Bertz CT molecular complexity index is 441. The lowest BCUT2D eigenvalue weighted by molar-refractivity contribution is -0.125. The van der Waals surface area contributed by atoms with Crippen LogP contribution in [0, 0.1) is 0 Å². The molecule has 1 amide bonds. The smallest absolute Gasteiger partial charge is 0.246 e. The molecule has 0 heterocycles. The second-order valence-corrected chi connectivity index (χ2v) is 3.88. The van der Waals surface area contributed by atoms with Gasteiger partial charge >= 0.3 is 0 Å². The molecule has 0 bridgehead atoms. The van der Waals surface area contributed by atoms with Crippen molar-refractivity contribution in [2.75, 3.05) is 21.3 Å². The molecule has 1 rings (SSSR count). The van der Waals surface area contributed by atoms with Gasteiger partial charge in [-0.3, -0.25) is 4.79 Å². The maximum Gasteiger partial charge on any atom is 0.246 e. The molecule has 4 heteroatoms. The molecule has 0 radical (unpaired) electrons. The molecule has 0 atom stereocenters. The van der Waals surface area contributed by atoms with E-state index in [9.17, 15) is 4.79 Å². The molecule has 0 saturated heterocycles. The van der Waals surface area contributed by atoms with Gasteiger partial charge in [-0.1, -0.05) is 12.1 Å². The molecule has 0 aliphatic rings. The Morgan fingerprint density at radius 2 is 1.94 bits per heavy atom. The van der Waals surface area contributed by atoms with Crippen LogP contribution in [0.4, 0.5) is 0 Å². The van der Waals surface area contributed by atoms with E-state index in [1.165, 1.54) is 0 Å². The summed E-state index contributed by atoms with van der Waals surface area (Å²) < 4.78 is 10.4. The number of rotatable bonds is 5. The molecule has 1 aromatic carbocycles. The highest BCUT2D eigenvalue weighted by molar-refractivity contribution is 5.87. The topological polar surface area (TPSA) is 38.8 Å². The van der Waals surface area contributed by atoms with Gasteiger partial charge in [0.25, 0.3) is 0 Å². The zero-order valence-corrected chi connectivity index (χ0v) is 11.3. The second-order valence-electron chi connectivity index (χ2n) is 3.88. The van der Waals surface area contributed by atoms with Crippen LogP contribution in [0.2, 0.25) is 0 Å². The van der Waals surface area contributed by atoms with Gasteiger partial charge in [0, 0.05) is 13.6 Å². The summed E-state index contributed by atoms with van der Waals surface area (Å²) in [5.41, 5.74) is 0.994. The van der Waals surface area contributed by atoms with Crippen molar-refractivity contribution in [1.82, 2.24) is 4.90 Å². The number of allylic oxidation sites excluding steroid dienone is 1. The normalized spacial score (nSPS) is 10.4. The monoisotopic (exact) mass is 249 g/mol. The van der Waals surface area contributed by atoms with Gasteiger partial charge in [-0.25, -0.2) is 0 Å². The predicted molar refractivity (Wildman–Crippen MR) is 70.8 cm³/mol. The van der Waals surface area contributed by atoms with Crippen molar-refractivity contribution in [3.8, 4) is 11.5 Å². The average molecular weight is 249 g/mol. The van der Waals surface area contributed by atoms with Crippen LogP contribution in [0.5, 0.6) is 11.5 Å². The first-order chi connectivity index (χ1) is 8.62. The first-order valence-corrected chi connectivity index (χ1v) is 5.71. The number of nitrogens with zero attached hydrogens (tertiary/aromatic N) is 1. The molecule has 0 N–H and O–H groups in total. The van der Waals surface area contributed by atoms with Gasteiger partial charge in [0.2, 0.25) is 5.91 Å². The van der Waals surface area contributed by atoms with Crippen LogP contribution in [0.25, 0.3) is 0 Å². The number of amides is 1. The number of carbonyl (C=O) groups is 1. The van der Waals surface area contributed by atoms with E-state index in [2.05, 4.69) is 0 Å². The lowest BCUT2D eigenvalue weighted by Crippen LogP contribution is -2.24. The largest absolute Gasteiger partial charge is 0.493 e. The Hall–Kier alpha value is -1.97. The first kappa shape index (κ1) is 14.1. The molecule has 4 nitrogen and oxygen atoms in total. The highest BCUT2D eigenvalue weighted by Gasteiger charge is 2.08. The number of likely N-dealkylation sites (N-methyl/N-ethyl adjacent to an activating group) is 1. The third-order valence-electron chi connectivity index (χ3n) is 2.55. The Kier molecular flexibility index (Phi) is 5.24. The highest BCUT2D eigenvalue weighted by Crippen LogP contribution is 2.27. The zero-order chi connectivity index (χ0) is 13.5. The molecule has 0 saturated carbocycles. The molecular weight excluding hydrogens is 230 g/mol. The lowest BCUT2D eigenvalue weighted by atomic mass is 10.2. The number of benzene rings is 1. The van der Waals surface area contributed by atoms with Crippen molar-refractivity contribution in [2.24, 2.45) is 0 Å². The summed E-state index contributed by atoms with van der Waals surface area (Å²) in [6.45, 7) is 2.35. The molecular formula is C14H19NO3. The predicted octanol–water partition coefficient (Wildman–Crippen LogP) is 2.24. The van der Waals surface area contributed by atoms with E-state index >= 15 is 0 Å². The number of hydrogen-bond donors (Lipinski definition) is 0. The van der Waals surface area contributed by atoms with E-state index < -0.39 is 0 Å². The molecule has 0 aromatic heterocycles. The summed E-state index contributed by atoms with van der Waals surface area (Å²) in [5.74, 6) is 1.33. The van der Waals surface area contributed by atoms with Gasteiger partial charge in [0.05, 0.1) is 14.2 Å².